The van der Waals surface area contributed by atoms with E-state index >= 15 is 0 Å². The highest BCUT2D eigenvalue weighted by Crippen LogP contribution is 2.30. The molecule has 29 heavy (non-hydrogen) atoms. The molecule has 0 N–H and O–H groups in total. The lowest BCUT2D eigenvalue weighted by Gasteiger charge is -2.40. The van der Waals surface area contributed by atoms with Crippen molar-refractivity contribution in [2.24, 2.45) is 5.41 Å². The largest absolute Gasteiger partial charge is 0.334 e. The Morgan fingerprint density at radius 1 is 1.07 bits per heavy atom. The first-order valence-corrected chi connectivity index (χ1v) is 9.69. The fourth-order valence-electron chi connectivity index (χ4n) is 3.75. The molecule has 1 aromatic carbocycles. The molecule has 3 aromatic rings. The van der Waals surface area contributed by atoms with Crippen molar-refractivity contribution in [3.05, 3.63) is 76.3 Å². The second-order valence-corrected chi connectivity index (χ2v) is 8.41. The van der Waals surface area contributed by atoms with E-state index in [1.54, 1.807) is 23.0 Å². The smallest absolute Gasteiger partial charge is 0.255 e. The minimum Gasteiger partial charge on any atom is -0.334 e. The number of fused-ring (bicyclic) bond motifs is 1. The Labute approximate surface area is 169 Å². The molecule has 3 heterocycles. The van der Waals surface area contributed by atoms with Crippen LogP contribution in [0.5, 0.6) is 0 Å². The van der Waals surface area contributed by atoms with Crippen molar-refractivity contribution in [2.75, 3.05) is 18.0 Å². The monoisotopic (exact) mass is 388 g/mol. The van der Waals surface area contributed by atoms with Crippen LogP contribution in [0.4, 0.5) is 5.95 Å². The van der Waals surface area contributed by atoms with Gasteiger partial charge >= 0.3 is 0 Å². The van der Waals surface area contributed by atoms with Crippen molar-refractivity contribution in [3.8, 4) is 11.3 Å². The molecule has 0 radical (unpaired) electrons. The van der Waals surface area contributed by atoms with Crippen LogP contribution >= 0.6 is 0 Å². The molecule has 0 bridgehead atoms. The van der Waals surface area contributed by atoms with Crippen LogP contribution < -0.4 is 10.5 Å². The minimum absolute atomic E-state index is 0.0119. The molecule has 0 spiro atoms. The Kier molecular flexibility index (Phi) is 4.78. The van der Waals surface area contributed by atoms with E-state index in [1.165, 1.54) is 0 Å². The van der Waals surface area contributed by atoms with Gasteiger partial charge in [0, 0.05) is 48.1 Å². The van der Waals surface area contributed by atoms with Crippen LogP contribution in [-0.2, 0) is 6.54 Å². The number of nitrogens with zero attached hydrogens (tertiary/aromatic N) is 4. The van der Waals surface area contributed by atoms with Crippen LogP contribution in [0, 0.1) is 12.3 Å². The topological polar surface area (TPSA) is 68.1 Å². The lowest BCUT2D eigenvalue weighted by Crippen LogP contribution is -2.49. The molecule has 0 atom stereocenters. The van der Waals surface area contributed by atoms with Gasteiger partial charge in [0.05, 0.1) is 12.2 Å². The van der Waals surface area contributed by atoms with Crippen LogP contribution in [0.15, 0.2) is 59.7 Å². The third-order valence-corrected chi connectivity index (χ3v) is 5.16. The molecule has 1 aliphatic heterocycles. The van der Waals surface area contributed by atoms with Crippen molar-refractivity contribution in [1.82, 2.24) is 14.5 Å². The summed E-state index contributed by atoms with van der Waals surface area (Å²) in [6.07, 6.45) is 3.35. The molecule has 0 saturated carbocycles. The third kappa shape index (κ3) is 3.97. The number of benzene rings is 1. The van der Waals surface area contributed by atoms with Gasteiger partial charge in [-0.25, -0.2) is 4.98 Å². The predicted molar refractivity (Wildman–Crippen MR) is 113 cm³/mol. The van der Waals surface area contributed by atoms with Crippen LogP contribution in [0.2, 0.25) is 0 Å². The number of aromatic nitrogens is 3. The summed E-state index contributed by atoms with van der Waals surface area (Å²) in [5.41, 5.74) is 2.94. The molecule has 6 nitrogen and oxygen atoms in total. The zero-order chi connectivity index (χ0) is 20.6. The summed E-state index contributed by atoms with van der Waals surface area (Å²) in [5.74, 6) is 0.557. The zero-order valence-corrected chi connectivity index (χ0v) is 16.9. The number of carbonyl (C=O) groups is 1. The predicted octanol–water partition coefficient (Wildman–Crippen LogP) is 3.34. The maximum absolute atomic E-state index is 12.9. The molecule has 6 heteroatoms. The van der Waals surface area contributed by atoms with E-state index in [0.29, 0.717) is 30.3 Å². The van der Waals surface area contributed by atoms with Crippen molar-refractivity contribution >= 4 is 11.7 Å². The van der Waals surface area contributed by atoms with E-state index in [1.807, 2.05) is 48.2 Å². The van der Waals surface area contributed by atoms with E-state index in [2.05, 4.69) is 18.8 Å². The highest BCUT2D eigenvalue weighted by molar-refractivity contribution is 5.99. The molecule has 2 aromatic heterocycles. The number of hydrogen-bond acceptors (Lipinski definition) is 5. The van der Waals surface area contributed by atoms with E-state index < -0.39 is 0 Å². The fraction of sp³-hybridized carbons (Fsp3) is 0.304. The van der Waals surface area contributed by atoms with Crippen LogP contribution in [-0.4, -0.2) is 33.4 Å². The lowest BCUT2D eigenvalue weighted by atomic mass is 9.90. The second-order valence-electron chi connectivity index (χ2n) is 8.41. The van der Waals surface area contributed by atoms with Gasteiger partial charge < -0.3 is 4.90 Å². The number of rotatable bonds is 4. The number of Topliss-reactive ketones (excluding diaryl/α,β-unsaturated/α-hetero) is 1. The van der Waals surface area contributed by atoms with Crippen molar-refractivity contribution < 1.29 is 4.79 Å². The Balaban J connectivity index is 1.74. The molecule has 0 saturated heterocycles. The van der Waals surface area contributed by atoms with Gasteiger partial charge in [-0.05, 0) is 19.1 Å². The summed E-state index contributed by atoms with van der Waals surface area (Å²) in [6.45, 7) is 7.59. The normalized spacial score (nSPS) is 15.1. The van der Waals surface area contributed by atoms with E-state index in [0.717, 1.165) is 11.1 Å². The lowest BCUT2D eigenvalue weighted by molar-refractivity contribution is 0.0993. The molecule has 4 rings (SSSR count). The van der Waals surface area contributed by atoms with E-state index in [9.17, 15) is 9.59 Å². The molecular weight excluding hydrogens is 364 g/mol. The first-order chi connectivity index (χ1) is 13.8. The van der Waals surface area contributed by atoms with Gasteiger partial charge in [-0.2, -0.15) is 0 Å². The molecule has 148 valence electrons. The Morgan fingerprint density at radius 3 is 2.45 bits per heavy atom. The molecule has 0 unspecified atom stereocenters. The van der Waals surface area contributed by atoms with E-state index in [-0.39, 0.29) is 23.3 Å². The number of ketones is 1. The Morgan fingerprint density at radius 2 is 1.76 bits per heavy atom. The first kappa shape index (κ1) is 19.1. The van der Waals surface area contributed by atoms with Crippen molar-refractivity contribution in [2.45, 2.75) is 27.3 Å². The van der Waals surface area contributed by atoms with Gasteiger partial charge in [-0.15, -0.1) is 0 Å². The standard InChI is InChI=1S/C23H24N4O2/c1-16-4-6-18(7-5-16)20(28)13-26-14-23(2,3)15-27-21(29)12-19(25-22(26)27)17-8-10-24-11-9-17/h4-12H,13-15H2,1-3H3. The van der Waals surface area contributed by atoms with Crippen LogP contribution in [0.3, 0.4) is 0 Å². The van der Waals surface area contributed by atoms with Gasteiger partial charge in [0.15, 0.2) is 5.78 Å². The SMILES string of the molecule is Cc1ccc(C(=O)CN2CC(C)(C)Cn3c2nc(-c2ccncc2)cc3=O)cc1. The summed E-state index contributed by atoms with van der Waals surface area (Å²) in [7, 11) is 0. The summed E-state index contributed by atoms with van der Waals surface area (Å²) in [4.78, 5) is 36.5. The van der Waals surface area contributed by atoms with Crippen LogP contribution in [0.1, 0.15) is 29.8 Å². The number of carbonyl (C=O) groups excluding carboxylic acids is 1. The average molecular weight is 388 g/mol. The molecule has 1 aliphatic rings. The highest BCUT2D eigenvalue weighted by Gasteiger charge is 2.33. The molecule has 0 aliphatic carbocycles. The zero-order valence-electron chi connectivity index (χ0n) is 16.9. The number of aryl methyl sites for hydroxylation is 1. The van der Waals surface area contributed by atoms with Crippen LogP contribution in [0.25, 0.3) is 11.3 Å². The maximum atomic E-state index is 12.9. The quantitative estimate of drug-likeness (QED) is 0.641. The fourth-order valence-corrected chi connectivity index (χ4v) is 3.75. The van der Waals surface area contributed by atoms with E-state index in [4.69, 9.17) is 4.98 Å². The summed E-state index contributed by atoms with van der Waals surface area (Å²) in [6, 6.07) is 12.8. The summed E-state index contributed by atoms with van der Waals surface area (Å²) >= 11 is 0. The molecule has 0 amide bonds. The van der Waals surface area contributed by atoms with Crippen molar-refractivity contribution in [3.63, 3.8) is 0 Å². The average Bonchev–Trinajstić information content (AvgIpc) is 2.69. The van der Waals surface area contributed by atoms with Gasteiger partial charge in [-0.3, -0.25) is 19.1 Å². The van der Waals surface area contributed by atoms with Crippen molar-refractivity contribution in [1.29, 1.82) is 0 Å². The number of hydrogen-bond donors (Lipinski definition) is 0. The maximum Gasteiger partial charge on any atom is 0.255 e. The molecule has 0 fully saturated rings. The van der Waals surface area contributed by atoms with Gasteiger partial charge in [0.2, 0.25) is 5.95 Å². The Bertz CT molecular complexity index is 1100. The number of anilines is 1. The highest BCUT2D eigenvalue weighted by atomic mass is 16.1. The first-order valence-electron chi connectivity index (χ1n) is 9.69. The minimum atomic E-state index is -0.149. The second kappa shape index (κ2) is 7.28. The number of pyridine rings is 1. The Hall–Kier alpha value is -3.28. The third-order valence-electron chi connectivity index (χ3n) is 5.16. The summed E-state index contributed by atoms with van der Waals surface area (Å²) in [5, 5.41) is 0. The van der Waals surface area contributed by atoms with Gasteiger partial charge in [0.1, 0.15) is 0 Å². The van der Waals surface area contributed by atoms with Gasteiger partial charge in [0.25, 0.3) is 5.56 Å². The van der Waals surface area contributed by atoms with Gasteiger partial charge in [-0.1, -0.05) is 43.7 Å². The molecular formula is C23H24N4O2. The summed E-state index contributed by atoms with van der Waals surface area (Å²) < 4.78 is 1.68.